The molecule has 1 aromatic carbocycles. The topological polar surface area (TPSA) is 64.4 Å². The Balaban J connectivity index is 0.00000240. The highest BCUT2D eigenvalue weighted by atomic mass is 35.5. The van der Waals surface area contributed by atoms with Gasteiger partial charge in [-0.05, 0) is 32.0 Å². The third-order valence-electron chi connectivity index (χ3n) is 5.49. The first kappa shape index (κ1) is 21.7. The van der Waals surface area contributed by atoms with Crippen molar-refractivity contribution < 1.29 is 18.3 Å². The molecule has 29 heavy (non-hydrogen) atoms. The maximum absolute atomic E-state index is 12.8. The Labute approximate surface area is 174 Å². The molecule has 0 unspecified atom stereocenters. The van der Waals surface area contributed by atoms with E-state index in [2.05, 4.69) is 25.0 Å². The molecule has 1 aromatic heterocycles. The van der Waals surface area contributed by atoms with Crippen LogP contribution in [0, 0.1) is 0 Å². The van der Waals surface area contributed by atoms with Crippen molar-refractivity contribution in [3.05, 3.63) is 35.4 Å². The van der Waals surface area contributed by atoms with Gasteiger partial charge >= 0.3 is 6.61 Å². The second kappa shape index (κ2) is 9.69. The SMILES string of the molecule is COc1cccc(CN2CCC(c3nnc4n3CCNC4)CC2)c1OC(F)F.Cl. The van der Waals surface area contributed by atoms with E-state index in [1.54, 1.807) is 12.1 Å². The van der Waals surface area contributed by atoms with Gasteiger partial charge in [0.25, 0.3) is 0 Å². The predicted molar refractivity (Wildman–Crippen MR) is 106 cm³/mol. The molecule has 2 aromatic rings. The number of hydrogen-bond donors (Lipinski definition) is 1. The molecule has 2 aliphatic heterocycles. The summed E-state index contributed by atoms with van der Waals surface area (Å²) < 4.78 is 37.8. The molecule has 1 saturated heterocycles. The van der Waals surface area contributed by atoms with Crippen LogP contribution in [0.1, 0.15) is 36.0 Å². The lowest BCUT2D eigenvalue weighted by Gasteiger charge is -2.32. The second-order valence-electron chi connectivity index (χ2n) is 7.18. The van der Waals surface area contributed by atoms with E-state index >= 15 is 0 Å². The molecular formula is C19H26ClF2N5O2. The zero-order valence-electron chi connectivity index (χ0n) is 16.3. The van der Waals surface area contributed by atoms with Gasteiger partial charge in [-0.1, -0.05) is 12.1 Å². The van der Waals surface area contributed by atoms with Gasteiger partial charge in [0, 0.05) is 31.1 Å². The summed E-state index contributed by atoms with van der Waals surface area (Å²) in [4.78, 5) is 2.26. The Morgan fingerprint density at radius 1 is 1.21 bits per heavy atom. The highest BCUT2D eigenvalue weighted by Gasteiger charge is 2.27. The minimum absolute atomic E-state index is 0. The molecule has 160 valence electrons. The molecule has 10 heteroatoms. The van der Waals surface area contributed by atoms with E-state index in [9.17, 15) is 8.78 Å². The highest BCUT2D eigenvalue weighted by Crippen LogP contribution is 2.35. The third kappa shape index (κ3) is 4.79. The van der Waals surface area contributed by atoms with Gasteiger partial charge in [-0.3, -0.25) is 4.90 Å². The third-order valence-corrected chi connectivity index (χ3v) is 5.49. The summed E-state index contributed by atoms with van der Waals surface area (Å²) in [6.45, 7) is 2.04. The molecule has 1 N–H and O–H groups in total. The summed E-state index contributed by atoms with van der Waals surface area (Å²) >= 11 is 0. The van der Waals surface area contributed by atoms with Crippen LogP contribution in [0.2, 0.25) is 0 Å². The number of para-hydroxylation sites is 1. The summed E-state index contributed by atoms with van der Waals surface area (Å²) in [7, 11) is 1.46. The Bertz CT molecular complexity index is 812. The lowest BCUT2D eigenvalue weighted by Crippen LogP contribution is -2.35. The van der Waals surface area contributed by atoms with Crippen LogP contribution in [0.5, 0.6) is 11.5 Å². The molecule has 0 atom stereocenters. The van der Waals surface area contributed by atoms with E-state index in [0.29, 0.717) is 23.8 Å². The van der Waals surface area contributed by atoms with Crippen LogP contribution in [0.15, 0.2) is 18.2 Å². The first-order chi connectivity index (χ1) is 13.7. The number of nitrogens with zero attached hydrogens (tertiary/aromatic N) is 4. The standard InChI is InChI=1S/C19H25F2N5O2.ClH/c1-27-15-4-2-3-14(17(15)28-19(20)21)12-25-8-5-13(6-9-25)18-24-23-16-11-22-7-10-26(16)18;/h2-4,13,19,22H,5-12H2,1H3;1H. The monoisotopic (exact) mass is 429 g/mol. The average molecular weight is 430 g/mol. The van der Waals surface area contributed by atoms with Crippen LogP contribution in [0.25, 0.3) is 0 Å². The largest absolute Gasteiger partial charge is 0.493 e. The smallest absolute Gasteiger partial charge is 0.387 e. The second-order valence-corrected chi connectivity index (χ2v) is 7.18. The molecule has 3 heterocycles. The van der Waals surface area contributed by atoms with Crippen LogP contribution in [-0.2, 0) is 19.6 Å². The van der Waals surface area contributed by atoms with E-state index in [0.717, 1.165) is 57.2 Å². The molecule has 0 spiro atoms. The fourth-order valence-corrected chi connectivity index (χ4v) is 4.08. The zero-order chi connectivity index (χ0) is 19.5. The molecule has 0 amide bonds. The number of halogens is 3. The Hall–Kier alpha value is -1.97. The number of likely N-dealkylation sites (tertiary alicyclic amines) is 1. The molecule has 7 nitrogen and oxygen atoms in total. The van der Waals surface area contributed by atoms with Crippen molar-refractivity contribution in [2.75, 3.05) is 26.7 Å². The van der Waals surface area contributed by atoms with Gasteiger partial charge in [-0.25, -0.2) is 0 Å². The van der Waals surface area contributed by atoms with Gasteiger partial charge in [0.15, 0.2) is 11.5 Å². The first-order valence-corrected chi connectivity index (χ1v) is 9.61. The van der Waals surface area contributed by atoms with E-state index in [1.165, 1.54) is 7.11 Å². The van der Waals surface area contributed by atoms with Gasteiger partial charge in [0.05, 0.1) is 13.7 Å². The van der Waals surface area contributed by atoms with Gasteiger partial charge < -0.3 is 19.4 Å². The first-order valence-electron chi connectivity index (χ1n) is 9.61. The van der Waals surface area contributed by atoms with Crippen LogP contribution in [0.4, 0.5) is 8.78 Å². The number of hydrogen-bond acceptors (Lipinski definition) is 6. The Morgan fingerprint density at radius 3 is 2.72 bits per heavy atom. The van der Waals surface area contributed by atoms with Crippen LogP contribution < -0.4 is 14.8 Å². The van der Waals surface area contributed by atoms with Crippen molar-refractivity contribution >= 4 is 12.4 Å². The lowest BCUT2D eigenvalue weighted by molar-refractivity contribution is -0.0522. The van der Waals surface area contributed by atoms with Crippen molar-refractivity contribution in [3.8, 4) is 11.5 Å². The average Bonchev–Trinajstić information content (AvgIpc) is 3.14. The number of fused-ring (bicyclic) bond motifs is 1. The molecule has 1 fully saturated rings. The number of ether oxygens (including phenoxy) is 2. The van der Waals surface area contributed by atoms with E-state index in [4.69, 9.17) is 9.47 Å². The minimum Gasteiger partial charge on any atom is -0.493 e. The number of aromatic nitrogens is 3. The van der Waals surface area contributed by atoms with Crippen molar-refractivity contribution in [1.82, 2.24) is 25.0 Å². The molecule has 4 rings (SSSR count). The van der Waals surface area contributed by atoms with Crippen molar-refractivity contribution in [1.29, 1.82) is 0 Å². The van der Waals surface area contributed by atoms with Crippen molar-refractivity contribution in [2.45, 2.75) is 45.0 Å². The zero-order valence-corrected chi connectivity index (χ0v) is 17.1. The molecule has 2 aliphatic rings. The van der Waals surface area contributed by atoms with Crippen LogP contribution >= 0.6 is 12.4 Å². The summed E-state index contributed by atoms with van der Waals surface area (Å²) in [6.07, 6.45) is 1.95. The van der Waals surface area contributed by atoms with Crippen LogP contribution in [0.3, 0.4) is 0 Å². The van der Waals surface area contributed by atoms with Gasteiger partial charge in [-0.15, -0.1) is 22.6 Å². The fourth-order valence-electron chi connectivity index (χ4n) is 4.08. The van der Waals surface area contributed by atoms with Gasteiger partial charge in [0.2, 0.25) is 0 Å². The molecule has 0 bridgehead atoms. The predicted octanol–water partition coefficient (Wildman–Crippen LogP) is 2.79. The normalized spacial score (nSPS) is 17.7. The quantitative estimate of drug-likeness (QED) is 0.761. The fraction of sp³-hybridized carbons (Fsp3) is 0.579. The molecule has 0 aliphatic carbocycles. The maximum Gasteiger partial charge on any atom is 0.387 e. The molecule has 0 radical (unpaired) electrons. The summed E-state index contributed by atoms with van der Waals surface area (Å²) in [5.74, 6) is 2.93. The molecular weight excluding hydrogens is 404 g/mol. The number of rotatable bonds is 6. The van der Waals surface area contributed by atoms with Crippen molar-refractivity contribution in [2.24, 2.45) is 0 Å². The van der Waals surface area contributed by atoms with Gasteiger partial charge in [-0.2, -0.15) is 8.78 Å². The van der Waals surface area contributed by atoms with Crippen LogP contribution in [-0.4, -0.2) is 53.0 Å². The number of methoxy groups -OCH3 is 1. The summed E-state index contributed by atoms with van der Waals surface area (Å²) in [5, 5.41) is 12.1. The Kier molecular flexibility index (Phi) is 7.26. The number of piperidine rings is 1. The van der Waals surface area contributed by atoms with E-state index < -0.39 is 6.61 Å². The van der Waals surface area contributed by atoms with Crippen molar-refractivity contribution in [3.63, 3.8) is 0 Å². The number of nitrogens with one attached hydrogen (secondary N) is 1. The van der Waals surface area contributed by atoms with E-state index in [-0.39, 0.29) is 18.2 Å². The number of benzene rings is 1. The molecule has 0 saturated carbocycles. The summed E-state index contributed by atoms with van der Waals surface area (Å²) in [6, 6.07) is 5.25. The number of alkyl halides is 2. The highest BCUT2D eigenvalue weighted by molar-refractivity contribution is 5.85. The van der Waals surface area contributed by atoms with E-state index in [1.807, 2.05) is 6.07 Å². The van der Waals surface area contributed by atoms with Gasteiger partial charge in [0.1, 0.15) is 11.6 Å². The minimum atomic E-state index is -2.88. The lowest BCUT2D eigenvalue weighted by atomic mass is 9.95. The summed E-state index contributed by atoms with van der Waals surface area (Å²) in [5.41, 5.74) is 0.712. The Morgan fingerprint density at radius 2 is 2.00 bits per heavy atom. The maximum atomic E-state index is 12.8.